The van der Waals surface area contributed by atoms with Gasteiger partial charge in [0.05, 0.1) is 24.0 Å². The summed E-state index contributed by atoms with van der Waals surface area (Å²) in [6.07, 6.45) is 0.253. The Bertz CT molecular complexity index is 431. The molecule has 104 valence electrons. The van der Waals surface area contributed by atoms with E-state index in [2.05, 4.69) is 5.32 Å². The van der Waals surface area contributed by atoms with Crippen molar-refractivity contribution in [2.75, 3.05) is 24.7 Å². The summed E-state index contributed by atoms with van der Waals surface area (Å²) in [5, 5.41) is 2.73. The van der Waals surface area contributed by atoms with Gasteiger partial charge in [0, 0.05) is 6.54 Å². The summed E-state index contributed by atoms with van der Waals surface area (Å²) in [6.45, 7) is 4.44. The van der Waals surface area contributed by atoms with Gasteiger partial charge in [0.1, 0.15) is 6.10 Å². The Balaban J connectivity index is 1.76. The Morgan fingerprint density at radius 1 is 1.44 bits per heavy atom. The van der Waals surface area contributed by atoms with E-state index >= 15 is 0 Å². The first-order chi connectivity index (χ1) is 8.27. The van der Waals surface area contributed by atoms with Crippen molar-refractivity contribution in [3.05, 3.63) is 0 Å². The van der Waals surface area contributed by atoms with Crippen molar-refractivity contribution in [2.45, 2.75) is 32.2 Å². The Morgan fingerprint density at radius 2 is 2.17 bits per heavy atom. The van der Waals surface area contributed by atoms with Crippen LogP contribution in [0.3, 0.4) is 0 Å². The van der Waals surface area contributed by atoms with Gasteiger partial charge in [-0.25, -0.2) is 8.42 Å². The molecule has 0 saturated carbocycles. The molecule has 2 fully saturated rings. The van der Waals surface area contributed by atoms with Gasteiger partial charge >= 0.3 is 0 Å². The molecule has 0 aliphatic carbocycles. The van der Waals surface area contributed by atoms with E-state index in [0.717, 1.165) is 0 Å². The molecule has 0 spiro atoms. The van der Waals surface area contributed by atoms with E-state index < -0.39 is 21.5 Å². The molecular formula is C11H19NO5S. The monoisotopic (exact) mass is 277 g/mol. The van der Waals surface area contributed by atoms with Gasteiger partial charge in [-0.1, -0.05) is 0 Å². The standard InChI is InChI=1S/C11H19NO5S/c1-11(2)16-6-9(17-11)5-12-10(13)8-3-4-18(14,15)7-8/h8-9H,3-7H2,1-2H3,(H,12,13). The number of amides is 1. The topological polar surface area (TPSA) is 81.7 Å². The molecule has 6 nitrogen and oxygen atoms in total. The van der Waals surface area contributed by atoms with Crippen molar-refractivity contribution in [1.29, 1.82) is 0 Å². The van der Waals surface area contributed by atoms with E-state index in [4.69, 9.17) is 9.47 Å². The molecule has 7 heteroatoms. The first-order valence-electron chi connectivity index (χ1n) is 6.07. The quantitative estimate of drug-likeness (QED) is 0.765. The number of carbonyl (C=O) groups is 1. The number of sulfone groups is 1. The van der Waals surface area contributed by atoms with Crippen LogP contribution in [-0.2, 0) is 24.1 Å². The Labute approximate surface area is 107 Å². The lowest BCUT2D eigenvalue weighted by molar-refractivity contribution is -0.139. The lowest BCUT2D eigenvalue weighted by atomic mass is 10.1. The van der Waals surface area contributed by atoms with Gasteiger partial charge in [-0.05, 0) is 20.3 Å². The summed E-state index contributed by atoms with van der Waals surface area (Å²) in [5.41, 5.74) is 0. The van der Waals surface area contributed by atoms with E-state index in [1.807, 2.05) is 13.8 Å². The summed E-state index contributed by atoms with van der Waals surface area (Å²) in [5.74, 6) is -1.14. The second kappa shape index (κ2) is 4.79. The van der Waals surface area contributed by atoms with Crippen molar-refractivity contribution < 1.29 is 22.7 Å². The lowest BCUT2D eigenvalue weighted by Crippen LogP contribution is -2.38. The van der Waals surface area contributed by atoms with Gasteiger partial charge in [-0.15, -0.1) is 0 Å². The van der Waals surface area contributed by atoms with Gasteiger partial charge in [-0.2, -0.15) is 0 Å². The van der Waals surface area contributed by atoms with Crippen LogP contribution in [0, 0.1) is 5.92 Å². The summed E-state index contributed by atoms with van der Waals surface area (Å²) in [4.78, 5) is 11.8. The lowest BCUT2D eigenvalue weighted by Gasteiger charge is -2.17. The van der Waals surface area contributed by atoms with Gasteiger partial charge < -0.3 is 14.8 Å². The Morgan fingerprint density at radius 3 is 2.67 bits per heavy atom. The van der Waals surface area contributed by atoms with E-state index in [1.165, 1.54) is 0 Å². The van der Waals surface area contributed by atoms with Gasteiger partial charge in [-0.3, -0.25) is 4.79 Å². The van der Waals surface area contributed by atoms with Crippen LogP contribution < -0.4 is 5.32 Å². The normalized spacial score (nSPS) is 33.4. The SMILES string of the molecule is CC1(C)OCC(CNC(=O)C2CCS(=O)(=O)C2)O1. The molecule has 18 heavy (non-hydrogen) atoms. The van der Waals surface area contributed by atoms with E-state index in [0.29, 0.717) is 19.6 Å². The zero-order valence-electron chi connectivity index (χ0n) is 10.6. The van der Waals surface area contributed by atoms with Crippen molar-refractivity contribution >= 4 is 15.7 Å². The van der Waals surface area contributed by atoms with Gasteiger partial charge in [0.2, 0.25) is 5.91 Å². The number of nitrogens with one attached hydrogen (secondary N) is 1. The third-order valence-electron chi connectivity index (χ3n) is 3.17. The van der Waals surface area contributed by atoms with Crippen LogP contribution in [0.2, 0.25) is 0 Å². The highest BCUT2D eigenvalue weighted by Gasteiger charge is 2.35. The highest BCUT2D eigenvalue weighted by molar-refractivity contribution is 7.91. The molecule has 0 aromatic heterocycles. The van der Waals surface area contributed by atoms with Gasteiger partial charge in [0.25, 0.3) is 0 Å². The maximum atomic E-state index is 11.8. The molecule has 2 heterocycles. The minimum absolute atomic E-state index is 0.0354. The number of hydrogen-bond donors (Lipinski definition) is 1. The molecule has 0 radical (unpaired) electrons. The van der Waals surface area contributed by atoms with Crippen LogP contribution in [0.4, 0.5) is 0 Å². The van der Waals surface area contributed by atoms with Crippen molar-refractivity contribution in [3.8, 4) is 0 Å². The average Bonchev–Trinajstić information content (AvgIpc) is 2.78. The van der Waals surface area contributed by atoms with Crippen LogP contribution in [0.15, 0.2) is 0 Å². The predicted molar refractivity (Wildman–Crippen MR) is 64.7 cm³/mol. The molecule has 2 saturated heterocycles. The fourth-order valence-corrected chi connectivity index (χ4v) is 3.97. The summed E-state index contributed by atoms with van der Waals surface area (Å²) in [7, 11) is -3.01. The third kappa shape index (κ3) is 3.43. The van der Waals surface area contributed by atoms with E-state index in [9.17, 15) is 13.2 Å². The Hall–Kier alpha value is -0.660. The molecule has 1 N–H and O–H groups in total. The Kier molecular flexibility index (Phi) is 3.66. The number of ether oxygens (including phenoxy) is 2. The second-order valence-corrected chi connectivity index (χ2v) is 7.52. The van der Waals surface area contributed by atoms with Crippen molar-refractivity contribution in [3.63, 3.8) is 0 Å². The second-order valence-electron chi connectivity index (χ2n) is 5.30. The molecule has 0 aromatic rings. The molecule has 2 atom stereocenters. The largest absolute Gasteiger partial charge is 0.353 e. The van der Waals surface area contributed by atoms with Crippen LogP contribution >= 0.6 is 0 Å². The molecule has 2 aliphatic rings. The maximum absolute atomic E-state index is 11.8. The van der Waals surface area contributed by atoms with E-state index in [-0.39, 0.29) is 23.5 Å². The zero-order valence-corrected chi connectivity index (χ0v) is 11.5. The molecule has 0 bridgehead atoms. The molecule has 2 aliphatic heterocycles. The average molecular weight is 277 g/mol. The molecule has 0 aromatic carbocycles. The minimum atomic E-state index is -3.01. The third-order valence-corrected chi connectivity index (χ3v) is 4.94. The predicted octanol–water partition coefficient (Wildman–Crippen LogP) is -0.311. The zero-order chi connectivity index (χ0) is 13.4. The molecule has 1 amide bonds. The molecule has 2 unspecified atom stereocenters. The van der Waals surface area contributed by atoms with Crippen LogP contribution in [0.5, 0.6) is 0 Å². The molecule has 2 rings (SSSR count). The fourth-order valence-electron chi connectivity index (χ4n) is 2.22. The summed E-state index contributed by atoms with van der Waals surface area (Å²) in [6, 6.07) is 0. The number of carbonyl (C=O) groups excluding carboxylic acids is 1. The highest BCUT2D eigenvalue weighted by atomic mass is 32.2. The summed E-state index contributed by atoms with van der Waals surface area (Å²) < 4.78 is 33.5. The maximum Gasteiger partial charge on any atom is 0.224 e. The first-order valence-corrected chi connectivity index (χ1v) is 7.89. The smallest absolute Gasteiger partial charge is 0.224 e. The summed E-state index contributed by atoms with van der Waals surface area (Å²) >= 11 is 0. The highest BCUT2D eigenvalue weighted by Crippen LogP contribution is 2.22. The first kappa shape index (κ1) is 13.8. The van der Waals surface area contributed by atoms with Crippen LogP contribution in [0.1, 0.15) is 20.3 Å². The minimum Gasteiger partial charge on any atom is -0.353 e. The fraction of sp³-hybridized carbons (Fsp3) is 0.909. The van der Waals surface area contributed by atoms with Crippen LogP contribution in [-0.4, -0.2) is 50.9 Å². The van der Waals surface area contributed by atoms with Crippen molar-refractivity contribution in [1.82, 2.24) is 5.32 Å². The number of hydrogen-bond acceptors (Lipinski definition) is 5. The van der Waals surface area contributed by atoms with Gasteiger partial charge in [0.15, 0.2) is 15.6 Å². The van der Waals surface area contributed by atoms with E-state index in [1.54, 1.807) is 0 Å². The van der Waals surface area contributed by atoms with Crippen molar-refractivity contribution in [2.24, 2.45) is 5.92 Å². The molecular weight excluding hydrogens is 258 g/mol. The van der Waals surface area contributed by atoms with Crippen LogP contribution in [0.25, 0.3) is 0 Å². The number of rotatable bonds is 3.